The van der Waals surface area contributed by atoms with Crippen molar-refractivity contribution in [3.8, 4) is 0 Å². The minimum absolute atomic E-state index is 0. The van der Waals surface area contributed by atoms with Crippen molar-refractivity contribution in [3.63, 3.8) is 0 Å². The zero-order valence-corrected chi connectivity index (χ0v) is 10.3. The molecule has 0 unspecified atom stereocenters. The van der Waals surface area contributed by atoms with E-state index in [0.29, 0.717) is 0 Å². The van der Waals surface area contributed by atoms with Crippen LogP contribution in [-0.2, 0) is 14.4 Å². The Morgan fingerprint density at radius 2 is 1.19 bits per heavy atom. The van der Waals surface area contributed by atoms with Gasteiger partial charge in [0.25, 0.3) is 0 Å². The van der Waals surface area contributed by atoms with Crippen LogP contribution in [0.2, 0.25) is 0 Å². The van der Waals surface area contributed by atoms with Crippen LogP contribution in [0, 0.1) is 0 Å². The molecule has 0 aliphatic carbocycles. The summed E-state index contributed by atoms with van der Waals surface area (Å²) in [7, 11) is 0. The van der Waals surface area contributed by atoms with Gasteiger partial charge in [0, 0.05) is 24.8 Å². The number of carboxylic acids is 3. The van der Waals surface area contributed by atoms with Crippen molar-refractivity contribution in [1.82, 2.24) is 0 Å². The van der Waals surface area contributed by atoms with E-state index in [1.807, 2.05) is 0 Å². The largest absolute Gasteiger partial charge is 1.00 e. The van der Waals surface area contributed by atoms with E-state index >= 15 is 0 Å². The third-order valence-corrected chi connectivity index (χ3v) is 1.25. The van der Waals surface area contributed by atoms with Gasteiger partial charge in [0.05, 0.1) is 5.97 Å². The van der Waals surface area contributed by atoms with Crippen molar-refractivity contribution in [3.05, 3.63) is 0 Å². The molecule has 0 aliphatic rings. The van der Waals surface area contributed by atoms with E-state index in [2.05, 4.69) is 0 Å². The maximum Gasteiger partial charge on any atom is 1.00 e. The van der Waals surface area contributed by atoms with Gasteiger partial charge in [-0.25, -0.2) is 0 Å². The molecular weight excluding hydrogens is 239 g/mol. The summed E-state index contributed by atoms with van der Waals surface area (Å²) in [5.41, 5.74) is -2.97. The second-order valence-electron chi connectivity index (χ2n) is 2.42. The number of aliphatic hydroxyl groups is 1. The van der Waals surface area contributed by atoms with Crippen molar-refractivity contribution in [2.75, 3.05) is 0 Å². The smallest absolute Gasteiger partial charge is 0.550 e. The molecule has 0 atom stereocenters. The minimum atomic E-state index is -2.97. The number of aliphatic carboxylic acids is 3. The van der Waals surface area contributed by atoms with Gasteiger partial charge in [0.1, 0.15) is 5.60 Å². The minimum Gasteiger partial charge on any atom is -0.550 e. The average Bonchev–Trinajstić information content (AvgIpc) is 1.82. The Labute approximate surface area is 112 Å². The molecular formula is C6H9NaO9-2. The van der Waals surface area contributed by atoms with Crippen LogP contribution < -0.4 is 44.9 Å². The van der Waals surface area contributed by atoms with Gasteiger partial charge in [-0.05, 0) is 0 Å². The summed E-state index contributed by atoms with van der Waals surface area (Å²) in [6.07, 6.45) is -2.72. The summed E-state index contributed by atoms with van der Waals surface area (Å²) in [6.45, 7) is 0. The molecule has 9 nitrogen and oxygen atoms in total. The van der Waals surface area contributed by atoms with E-state index < -0.39 is 36.4 Å². The van der Waals surface area contributed by atoms with Crippen molar-refractivity contribution >= 4 is 17.9 Å². The summed E-state index contributed by atoms with van der Waals surface area (Å²) < 4.78 is 0. The van der Waals surface area contributed by atoms with Crippen LogP contribution >= 0.6 is 0 Å². The average molecular weight is 248 g/mol. The maximum atomic E-state index is 10.1. The van der Waals surface area contributed by atoms with Gasteiger partial charge in [-0.2, -0.15) is 0 Å². The second kappa shape index (κ2) is 9.51. The maximum absolute atomic E-state index is 10.1. The van der Waals surface area contributed by atoms with Gasteiger partial charge < -0.3 is 45.8 Å². The van der Waals surface area contributed by atoms with Crippen LogP contribution in [0.15, 0.2) is 0 Å². The van der Waals surface area contributed by atoms with Gasteiger partial charge >= 0.3 is 29.6 Å². The SMILES string of the molecule is O.O.O=C([O-])CC(O)(CC(=O)[O-])C(=O)[O-].[Na+]. The molecule has 0 aromatic rings. The first-order valence-electron chi connectivity index (χ1n) is 3.11. The normalized spacial score (nSPS) is 8.81. The molecule has 0 radical (unpaired) electrons. The van der Waals surface area contributed by atoms with Crippen LogP contribution in [0.3, 0.4) is 0 Å². The van der Waals surface area contributed by atoms with E-state index in [9.17, 15) is 29.7 Å². The predicted molar refractivity (Wildman–Crippen MR) is 36.4 cm³/mol. The number of rotatable bonds is 5. The molecule has 0 spiro atoms. The molecule has 0 fully saturated rings. The van der Waals surface area contributed by atoms with E-state index in [0.717, 1.165) is 0 Å². The van der Waals surface area contributed by atoms with Crippen LogP contribution in [0.5, 0.6) is 0 Å². The predicted octanol–water partition coefficient (Wildman–Crippen LogP) is -9.90. The summed E-state index contributed by atoms with van der Waals surface area (Å²) >= 11 is 0. The molecule has 10 heteroatoms. The fraction of sp³-hybridized carbons (Fsp3) is 0.500. The quantitative estimate of drug-likeness (QED) is 0.464. The third kappa shape index (κ3) is 8.59. The monoisotopic (exact) mass is 248 g/mol. The molecule has 0 aromatic heterocycles. The number of carboxylic acid groups (broad SMARTS) is 3. The number of hydrogen-bond acceptors (Lipinski definition) is 7. The molecule has 0 saturated heterocycles. The molecule has 16 heavy (non-hydrogen) atoms. The van der Waals surface area contributed by atoms with Gasteiger partial charge in [-0.1, -0.05) is 0 Å². The summed E-state index contributed by atoms with van der Waals surface area (Å²) in [6, 6.07) is 0. The van der Waals surface area contributed by atoms with Gasteiger partial charge in [-0.3, -0.25) is 0 Å². The fourth-order valence-corrected chi connectivity index (χ4v) is 0.684. The Morgan fingerprint density at radius 3 is 1.31 bits per heavy atom. The second-order valence-corrected chi connectivity index (χ2v) is 2.42. The van der Waals surface area contributed by atoms with Crippen molar-refractivity contribution < 1.29 is 75.3 Å². The molecule has 0 aromatic carbocycles. The molecule has 0 aliphatic heterocycles. The Kier molecular flexibility index (Phi) is 14.6. The zero-order valence-electron chi connectivity index (χ0n) is 8.31. The van der Waals surface area contributed by atoms with Crippen LogP contribution in [0.25, 0.3) is 0 Å². The topological polar surface area (TPSA) is 204 Å². The third-order valence-electron chi connectivity index (χ3n) is 1.25. The summed E-state index contributed by atoms with van der Waals surface area (Å²) in [5, 5.41) is 38.9. The fourth-order valence-electron chi connectivity index (χ4n) is 0.684. The molecule has 5 N–H and O–H groups in total. The van der Waals surface area contributed by atoms with Crippen molar-refractivity contribution in [2.45, 2.75) is 18.4 Å². The van der Waals surface area contributed by atoms with E-state index in [1.165, 1.54) is 0 Å². The van der Waals surface area contributed by atoms with Crippen LogP contribution in [0.1, 0.15) is 12.8 Å². The first kappa shape index (κ1) is 24.5. The van der Waals surface area contributed by atoms with E-state index in [1.54, 1.807) is 0 Å². The molecule has 0 bridgehead atoms. The number of carbonyl (C=O) groups is 3. The standard InChI is InChI=1S/C6H8O7.Na.2H2O/c7-3(8)1-6(13,5(11)12)2-4(9)10;;;/h13H,1-2H2,(H,7,8)(H,9,10)(H,11,12);;2*1H2/q;+1;;/p-3. The molecule has 90 valence electrons. The van der Waals surface area contributed by atoms with Crippen molar-refractivity contribution in [1.29, 1.82) is 0 Å². The van der Waals surface area contributed by atoms with Gasteiger partial charge in [0.2, 0.25) is 0 Å². The Balaban J connectivity index is -0.000000240. The molecule has 0 rings (SSSR count). The van der Waals surface area contributed by atoms with E-state index in [4.69, 9.17) is 5.11 Å². The zero-order chi connectivity index (χ0) is 10.6. The van der Waals surface area contributed by atoms with E-state index in [-0.39, 0.29) is 40.5 Å². The first-order chi connectivity index (χ1) is 5.78. The Bertz CT molecular complexity index is 234. The van der Waals surface area contributed by atoms with Crippen LogP contribution in [0.4, 0.5) is 0 Å². The van der Waals surface area contributed by atoms with Gasteiger partial charge in [0.15, 0.2) is 0 Å². The summed E-state index contributed by atoms with van der Waals surface area (Å²) in [4.78, 5) is 30.0. The van der Waals surface area contributed by atoms with Crippen molar-refractivity contribution in [2.24, 2.45) is 0 Å². The van der Waals surface area contributed by atoms with Gasteiger partial charge in [-0.15, -0.1) is 0 Å². The van der Waals surface area contributed by atoms with Crippen LogP contribution in [-0.4, -0.2) is 39.6 Å². The molecule has 0 saturated carbocycles. The summed E-state index contributed by atoms with van der Waals surface area (Å²) in [5.74, 6) is -5.98. The number of carbonyl (C=O) groups excluding carboxylic acids is 3. The first-order valence-corrected chi connectivity index (χ1v) is 3.11. The Hall–Kier alpha value is -0.710. The Morgan fingerprint density at radius 1 is 0.938 bits per heavy atom. The molecule has 0 heterocycles. The number of hydrogen-bond donors (Lipinski definition) is 1. The molecule has 0 amide bonds.